The van der Waals surface area contributed by atoms with Crippen LogP contribution in [-0.2, 0) is 11.2 Å². The van der Waals surface area contributed by atoms with Gasteiger partial charge in [-0.25, -0.2) is 0 Å². The Bertz CT molecular complexity index is 524. The summed E-state index contributed by atoms with van der Waals surface area (Å²) in [5, 5.41) is 15.8. The number of rotatable bonds is 6. The van der Waals surface area contributed by atoms with Gasteiger partial charge in [0.25, 0.3) is 5.91 Å². The normalized spacial score (nSPS) is 18.7. The van der Waals surface area contributed by atoms with Crippen molar-refractivity contribution in [2.45, 2.75) is 46.0 Å². The third-order valence-corrected chi connectivity index (χ3v) is 4.05. The fraction of sp³-hybridized carbons (Fsp3) is 0.688. The van der Waals surface area contributed by atoms with Crippen molar-refractivity contribution in [1.82, 2.24) is 15.1 Å². The molecule has 122 valence electrons. The van der Waals surface area contributed by atoms with E-state index in [1.807, 2.05) is 11.0 Å². The van der Waals surface area contributed by atoms with Crippen LogP contribution >= 0.6 is 0 Å². The number of carboxylic acid groups (broad SMARTS) is 1. The average molecular weight is 307 g/mol. The zero-order valence-corrected chi connectivity index (χ0v) is 13.3. The van der Waals surface area contributed by atoms with Crippen molar-refractivity contribution in [3.8, 4) is 0 Å². The van der Waals surface area contributed by atoms with E-state index in [-0.39, 0.29) is 18.2 Å². The first-order valence-electron chi connectivity index (χ1n) is 8.01. The van der Waals surface area contributed by atoms with Crippen molar-refractivity contribution < 1.29 is 14.7 Å². The van der Waals surface area contributed by atoms with Crippen molar-refractivity contribution in [3.63, 3.8) is 0 Å². The molecule has 0 saturated carbocycles. The topological polar surface area (TPSA) is 86.3 Å². The Balaban J connectivity index is 1.93. The second-order valence-electron chi connectivity index (χ2n) is 6.57. The molecule has 2 heterocycles. The highest BCUT2D eigenvalue weighted by atomic mass is 16.4. The van der Waals surface area contributed by atoms with E-state index in [1.165, 1.54) is 0 Å². The molecule has 1 fully saturated rings. The van der Waals surface area contributed by atoms with E-state index in [0.717, 1.165) is 31.5 Å². The minimum absolute atomic E-state index is 0.0497. The number of piperidine rings is 1. The van der Waals surface area contributed by atoms with Crippen molar-refractivity contribution >= 4 is 11.9 Å². The van der Waals surface area contributed by atoms with Crippen LogP contribution in [0.2, 0.25) is 0 Å². The molecular weight excluding hydrogens is 282 g/mol. The predicted octanol–water partition coefficient (Wildman–Crippen LogP) is 2.33. The molecule has 6 nitrogen and oxygen atoms in total. The highest BCUT2D eigenvalue weighted by Crippen LogP contribution is 2.22. The van der Waals surface area contributed by atoms with E-state index in [2.05, 4.69) is 24.0 Å². The van der Waals surface area contributed by atoms with Crippen LogP contribution in [0, 0.1) is 11.8 Å². The van der Waals surface area contributed by atoms with Gasteiger partial charge in [0.05, 0.1) is 0 Å². The maximum atomic E-state index is 12.5. The van der Waals surface area contributed by atoms with Gasteiger partial charge < -0.3 is 10.0 Å². The smallest absolute Gasteiger partial charge is 0.303 e. The summed E-state index contributed by atoms with van der Waals surface area (Å²) < 4.78 is 0. The highest BCUT2D eigenvalue weighted by Gasteiger charge is 2.26. The van der Waals surface area contributed by atoms with E-state index in [4.69, 9.17) is 5.11 Å². The molecule has 0 bridgehead atoms. The molecule has 0 spiro atoms. The van der Waals surface area contributed by atoms with Gasteiger partial charge in [-0.05, 0) is 43.6 Å². The molecule has 1 aromatic rings. The van der Waals surface area contributed by atoms with Crippen LogP contribution in [-0.4, -0.2) is 45.2 Å². The fourth-order valence-electron chi connectivity index (χ4n) is 2.99. The van der Waals surface area contributed by atoms with Crippen LogP contribution < -0.4 is 0 Å². The van der Waals surface area contributed by atoms with E-state index in [9.17, 15) is 9.59 Å². The molecule has 1 aliphatic rings. The van der Waals surface area contributed by atoms with Crippen molar-refractivity contribution in [1.29, 1.82) is 0 Å². The average Bonchev–Trinajstić information content (AvgIpc) is 2.92. The summed E-state index contributed by atoms with van der Waals surface area (Å²) in [5.74, 6) is -0.0259. The first-order valence-corrected chi connectivity index (χ1v) is 8.01. The van der Waals surface area contributed by atoms with Crippen LogP contribution in [0.4, 0.5) is 0 Å². The van der Waals surface area contributed by atoms with E-state index < -0.39 is 5.97 Å². The van der Waals surface area contributed by atoms with Crippen LogP contribution in [0.25, 0.3) is 0 Å². The zero-order chi connectivity index (χ0) is 16.1. The zero-order valence-electron chi connectivity index (χ0n) is 13.3. The molecule has 1 atom stereocenters. The first-order chi connectivity index (χ1) is 10.5. The Labute approximate surface area is 130 Å². The fourth-order valence-corrected chi connectivity index (χ4v) is 2.99. The summed E-state index contributed by atoms with van der Waals surface area (Å²) in [5.41, 5.74) is 1.45. The lowest BCUT2D eigenvalue weighted by atomic mass is 9.93. The number of amides is 1. The highest BCUT2D eigenvalue weighted by molar-refractivity contribution is 5.92. The quantitative estimate of drug-likeness (QED) is 0.844. The lowest BCUT2D eigenvalue weighted by Crippen LogP contribution is -2.40. The number of carbonyl (C=O) groups is 2. The minimum Gasteiger partial charge on any atom is -0.481 e. The Morgan fingerprint density at radius 2 is 2.27 bits per heavy atom. The summed E-state index contributed by atoms with van der Waals surface area (Å²) >= 11 is 0. The molecular formula is C16H25N3O3. The molecule has 0 aliphatic carbocycles. The van der Waals surface area contributed by atoms with Gasteiger partial charge in [-0.1, -0.05) is 13.8 Å². The Morgan fingerprint density at radius 3 is 2.95 bits per heavy atom. The molecule has 1 saturated heterocycles. The molecule has 0 radical (unpaired) electrons. The molecule has 1 unspecified atom stereocenters. The third kappa shape index (κ3) is 4.58. The Kier molecular flexibility index (Phi) is 5.57. The number of carbonyl (C=O) groups excluding carboxylic acids is 1. The molecule has 1 amide bonds. The SMILES string of the molecule is CC(C)Cc1cc(C(=O)N2CCCC(CCC(=O)O)C2)n[nH]1. The molecule has 6 heteroatoms. The number of H-pyrrole nitrogens is 1. The lowest BCUT2D eigenvalue weighted by Gasteiger charge is -2.32. The van der Waals surface area contributed by atoms with Crippen LogP contribution in [0.1, 0.15) is 55.7 Å². The molecule has 22 heavy (non-hydrogen) atoms. The first kappa shape index (κ1) is 16.5. The van der Waals surface area contributed by atoms with Gasteiger partial charge in [-0.3, -0.25) is 14.7 Å². The Morgan fingerprint density at radius 1 is 1.50 bits per heavy atom. The summed E-state index contributed by atoms with van der Waals surface area (Å²) in [4.78, 5) is 25.0. The molecule has 2 rings (SSSR count). The summed E-state index contributed by atoms with van der Waals surface area (Å²) in [6.07, 6.45) is 3.61. The van der Waals surface area contributed by atoms with E-state index in [0.29, 0.717) is 24.6 Å². The maximum absolute atomic E-state index is 12.5. The number of hydrogen-bond donors (Lipinski definition) is 2. The van der Waals surface area contributed by atoms with E-state index in [1.54, 1.807) is 0 Å². The number of nitrogens with one attached hydrogen (secondary N) is 1. The minimum atomic E-state index is -0.769. The van der Waals surface area contributed by atoms with Crippen LogP contribution in [0.3, 0.4) is 0 Å². The number of aromatic amines is 1. The second kappa shape index (κ2) is 7.42. The van der Waals surface area contributed by atoms with Gasteiger partial charge >= 0.3 is 5.97 Å². The Hall–Kier alpha value is -1.85. The van der Waals surface area contributed by atoms with E-state index >= 15 is 0 Å². The third-order valence-electron chi connectivity index (χ3n) is 4.05. The lowest BCUT2D eigenvalue weighted by molar-refractivity contribution is -0.137. The van der Waals surface area contributed by atoms with Crippen molar-refractivity contribution in [2.24, 2.45) is 11.8 Å². The van der Waals surface area contributed by atoms with Crippen LogP contribution in [0.15, 0.2) is 6.07 Å². The standard InChI is InChI=1S/C16H25N3O3/c1-11(2)8-13-9-14(18-17-13)16(22)19-7-3-4-12(10-19)5-6-15(20)21/h9,11-12H,3-8,10H2,1-2H3,(H,17,18)(H,20,21). The number of likely N-dealkylation sites (tertiary alicyclic amines) is 1. The van der Waals surface area contributed by atoms with Gasteiger partial charge in [0, 0.05) is 25.2 Å². The number of aliphatic carboxylic acids is 1. The van der Waals surface area contributed by atoms with Crippen molar-refractivity contribution in [2.75, 3.05) is 13.1 Å². The maximum Gasteiger partial charge on any atom is 0.303 e. The molecule has 1 aromatic heterocycles. The number of aromatic nitrogens is 2. The molecule has 1 aliphatic heterocycles. The summed E-state index contributed by atoms with van der Waals surface area (Å²) in [6.45, 7) is 5.62. The second-order valence-corrected chi connectivity index (χ2v) is 6.57. The number of hydrogen-bond acceptors (Lipinski definition) is 3. The number of carboxylic acids is 1. The summed E-state index contributed by atoms with van der Waals surface area (Å²) in [6, 6.07) is 1.84. The van der Waals surface area contributed by atoms with Gasteiger partial charge in [-0.2, -0.15) is 5.10 Å². The van der Waals surface area contributed by atoms with Gasteiger partial charge in [0.1, 0.15) is 5.69 Å². The number of nitrogens with zero attached hydrogens (tertiary/aromatic N) is 2. The summed E-state index contributed by atoms with van der Waals surface area (Å²) in [7, 11) is 0. The van der Waals surface area contributed by atoms with Crippen LogP contribution in [0.5, 0.6) is 0 Å². The van der Waals surface area contributed by atoms with Gasteiger partial charge in [0.15, 0.2) is 0 Å². The van der Waals surface area contributed by atoms with Gasteiger partial charge in [-0.15, -0.1) is 0 Å². The monoisotopic (exact) mass is 307 g/mol. The predicted molar refractivity (Wildman–Crippen MR) is 82.6 cm³/mol. The van der Waals surface area contributed by atoms with Gasteiger partial charge in [0.2, 0.25) is 0 Å². The molecule has 2 N–H and O–H groups in total. The molecule has 0 aromatic carbocycles. The largest absolute Gasteiger partial charge is 0.481 e. The van der Waals surface area contributed by atoms with Crippen molar-refractivity contribution in [3.05, 3.63) is 17.5 Å².